The normalized spacial score (nSPS) is 13.2. The number of carboxylic acids is 2. The fourth-order valence-electron chi connectivity index (χ4n) is 3.90. The highest BCUT2D eigenvalue weighted by molar-refractivity contribution is 5.73. The Morgan fingerprint density at radius 3 is 1.91 bits per heavy atom. The zero-order valence-electron chi connectivity index (χ0n) is 20.0. The number of hydrogen-bond acceptors (Lipinski definition) is 8. The first-order chi connectivity index (χ1) is 16.6. The van der Waals surface area contributed by atoms with Gasteiger partial charge in [0.05, 0.1) is 13.2 Å². The van der Waals surface area contributed by atoms with Gasteiger partial charge in [-0.15, -0.1) is 0 Å². The molecule has 0 aliphatic carbocycles. The van der Waals surface area contributed by atoms with Crippen LogP contribution in [0.2, 0.25) is 0 Å². The first kappa shape index (κ1) is 28.1. The fourth-order valence-corrected chi connectivity index (χ4v) is 3.90. The highest BCUT2D eigenvalue weighted by Crippen LogP contribution is 2.24. The maximum absolute atomic E-state index is 11.9. The first-order valence-electron chi connectivity index (χ1n) is 11.4. The molecule has 10 heteroatoms. The average Bonchev–Trinajstić information content (AvgIpc) is 2.83. The molecule has 2 atom stereocenters. The standard InChI is InChI=1S/C25H34N2O8/c1-3-21(25(34)35)27(13-20-10-17(14-28)5-7-22(20)30)9-8-26(16(2)24(32)33)12-19-6-4-18(15-29)11-23(19)31/h4-7,10-11,16,21,28-31H,3,8-9,12-15H2,1-2H3,(H,32,33)(H,34,35). The Balaban J connectivity index is 2.31. The van der Waals surface area contributed by atoms with Crippen molar-refractivity contribution in [3.63, 3.8) is 0 Å². The molecule has 6 N–H and O–H groups in total. The van der Waals surface area contributed by atoms with Gasteiger partial charge < -0.3 is 30.6 Å². The molecule has 0 heterocycles. The summed E-state index contributed by atoms with van der Waals surface area (Å²) in [7, 11) is 0. The van der Waals surface area contributed by atoms with Gasteiger partial charge in [-0.1, -0.05) is 25.1 Å². The summed E-state index contributed by atoms with van der Waals surface area (Å²) in [5.74, 6) is -2.21. The molecule has 0 aliphatic heterocycles. The molecule has 2 aromatic rings. The average molecular weight is 491 g/mol. The van der Waals surface area contributed by atoms with Gasteiger partial charge in [-0.2, -0.15) is 0 Å². The zero-order valence-corrected chi connectivity index (χ0v) is 20.0. The quantitative estimate of drug-likeness (QED) is 0.230. The van der Waals surface area contributed by atoms with Crippen LogP contribution in [0.4, 0.5) is 0 Å². The van der Waals surface area contributed by atoms with E-state index in [1.807, 2.05) is 0 Å². The van der Waals surface area contributed by atoms with Crippen LogP contribution in [0.5, 0.6) is 11.5 Å². The van der Waals surface area contributed by atoms with Crippen LogP contribution >= 0.6 is 0 Å². The lowest BCUT2D eigenvalue weighted by Crippen LogP contribution is -2.47. The van der Waals surface area contributed by atoms with E-state index in [0.29, 0.717) is 22.3 Å². The second-order valence-corrected chi connectivity index (χ2v) is 8.46. The van der Waals surface area contributed by atoms with Crippen LogP contribution in [0.3, 0.4) is 0 Å². The lowest BCUT2D eigenvalue weighted by Gasteiger charge is -2.33. The Bertz CT molecular complexity index is 1010. The summed E-state index contributed by atoms with van der Waals surface area (Å²) in [6.07, 6.45) is 0.285. The third kappa shape index (κ3) is 7.66. The molecule has 0 saturated carbocycles. The summed E-state index contributed by atoms with van der Waals surface area (Å²) in [6, 6.07) is 7.48. The molecular formula is C25H34N2O8. The van der Waals surface area contributed by atoms with E-state index in [9.17, 15) is 40.2 Å². The minimum Gasteiger partial charge on any atom is -0.508 e. The van der Waals surface area contributed by atoms with Gasteiger partial charge in [0.2, 0.25) is 0 Å². The minimum atomic E-state index is -1.07. The highest BCUT2D eigenvalue weighted by atomic mass is 16.4. The predicted octanol–water partition coefficient (Wildman–Crippen LogP) is 1.72. The van der Waals surface area contributed by atoms with E-state index >= 15 is 0 Å². The van der Waals surface area contributed by atoms with E-state index in [4.69, 9.17) is 0 Å². The summed E-state index contributed by atoms with van der Waals surface area (Å²) in [5, 5.41) is 58.7. The van der Waals surface area contributed by atoms with Crippen molar-refractivity contribution in [2.75, 3.05) is 13.1 Å². The first-order valence-corrected chi connectivity index (χ1v) is 11.4. The number of hydrogen-bond donors (Lipinski definition) is 6. The van der Waals surface area contributed by atoms with E-state index in [-0.39, 0.29) is 57.3 Å². The van der Waals surface area contributed by atoms with Crippen LogP contribution in [-0.2, 0) is 35.9 Å². The smallest absolute Gasteiger partial charge is 0.320 e. The number of phenols is 2. The van der Waals surface area contributed by atoms with E-state index < -0.39 is 24.0 Å². The number of aliphatic hydroxyl groups excluding tert-OH is 2. The summed E-state index contributed by atoms with van der Waals surface area (Å²) in [6.45, 7) is 3.27. The monoisotopic (exact) mass is 490 g/mol. The molecule has 35 heavy (non-hydrogen) atoms. The van der Waals surface area contributed by atoms with Crippen molar-refractivity contribution in [1.29, 1.82) is 0 Å². The summed E-state index contributed by atoms with van der Waals surface area (Å²) in [4.78, 5) is 27.0. The van der Waals surface area contributed by atoms with Gasteiger partial charge in [0.1, 0.15) is 23.6 Å². The highest BCUT2D eigenvalue weighted by Gasteiger charge is 2.28. The number of aliphatic hydroxyl groups is 2. The van der Waals surface area contributed by atoms with Crippen molar-refractivity contribution in [3.8, 4) is 11.5 Å². The van der Waals surface area contributed by atoms with Crippen molar-refractivity contribution in [2.24, 2.45) is 0 Å². The number of benzene rings is 2. The number of aromatic hydroxyl groups is 2. The van der Waals surface area contributed by atoms with Crippen LogP contribution in [0.25, 0.3) is 0 Å². The Hall–Kier alpha value is -3.18. The van der Waals surface area contributed by atoms with Gasteiger partial charge in [0, 0.05) is 37.3 Å². The van der Waals surface area contributed by atoms with E-state index in [0.717, 1.165) is 0 Å². The Kier molecular flexibility index (Phi) is 10.5. The SMILES string of the molecule is CCC(C(=O)O)N(CCN(Cc1ccc(CO)cc1O)C(C)C(=O)O)Cc1cc(CO)ccc1O. The Morgan fingerprint density at radius 1 is 0.800 bits per heavy atom. The van der Waals surface area contributed by atoms with Gasteiger partial charge in [0.25, 0.3) is 0 Å². The molecule has 2 rings (SSSR count). The molecule has 0 amide bonds. The van der Waals surface area contributed by atoms with Gasteiger partial charge in [0.15, 0.2) is 0 Å². The molecule has 0 radical (unpaired) electrons. The van der Waals surface area contributed by atoms with Gasteiger partial charge >= 0.3 is 11.9 Å². The van der Waals surface area contributed by atoms with Crippen molar-refractivity contribution >= 4 is 11.9 Å². The lowest BCUT2D eigenvalue weighted by molar-refractivity contribution is -0.145. The molecule has 0 aliphatic rings. The van der Waals surface area contributed by atoms with Gasteiger partial charge in [-0.25, -0.2) is 0 Å². The minimum absolute atomic E-state index is 0.0305. The number of nitrogens with zero attached hydrogens (tertiary/aromatic N) is 2. The number of rotatable bonds is 14. The molecule has 10 nitrogen and oxygen atoms in total. The van der Waals surface area contributed by atoms with Crippen LogP contribution < -0.4 is 0 Å². The number of phenolic OH excluding ortho intramolecular Hbond substituents is 2. The topological polar surface area (TPSA) is 162 Å². The summed E-state index contributed by atoms with van der Waals surface area (Å²) in [5.41, 5.74) is 2.02. The van der Waals surface area contributed by atoms with E-state index in [1.165, 1.54) is 19.1 Å². The van der Waals surface area contributed by atoms with Crippen LogP contribution in [0.15, 0.2) is 36.4 Å². The molecule has 0 spiro atoms. The second-order valence-electron chi connectivity index (χ2n) is 8.46. The molecule has 0 fully saturated rings. The fraction of sp³-hybridized carbons (Fsp3) is 0.440. The van der Waals surface area contributed by atoms with E-state index in [2.05, 4.69) is 0 Å². The number of carbonyl (C=O) groups is 2. The third-order valence-corrected chi connectivity index (χ3v) is 6.10. The molecule has 2 aromatic carbocycles. The molecule has 0 bridgehead atoms. The Labute approximate surface area is 204 Å². The maximum atomic E-state index is 11.9. The zero-order chi connectivity index (χ0) is 26.1. The molecule has 0 aromatic heterocycles. The predicted molar refractivity (Wildman–Crippen MR) is 128 cm³/mol. The summed E-state index contributed by atoms with van der Waals surface area (Å²) < 4.78 is 0. The number of carboxylic acid groups (broad SMARTS) is 2. The number of aliphatic carboxylic acids is 2. The molecule has 192 valence electrons. The van der Waals surface area contributed by atoms with Crippen LogP contribution in [0.1, 0.15) is 42.5 Å². The van der Waals surface area contributed by atoms with Crippen molar-refractivity contribution in [3.05, 3.63) is 58.7 Å². The summed E-state index contributed by atoms with van der Waals surface area (Å²) >= 11 is 0. The molecular weight excluding hydrogens is 456 g/mol. The molecule has 0 saturated heterocycles. The van der Waals surface area contributed by atoms with Crippen molar-refractivity contribution < 1.29 is 40.2 Å². The van der Waals surface area contributed by atoms with Gasteiger partial charge in [-0.3, -0.25) is 19.4 Å². The Morgan fingerprint density at radius 2 is 1.37 bits per heavy atom. The third-order valence-electron chi connectivity index (χ3n) is 6.10. The lowest BCUT2D eigenvalue weighted by atomic mass is 10.1. The van der Waals surface area contributed by atoms with Crippen molar-refractivity contribution in [1.82, 2.24) is 9.80 Å². The van der Waals surface area contributed by atoms with E-state index in [1.54, 1.807) is 41.0 Å². The van der Waals surface area contributed by atoms with Gasteiger partial charge in [-0.05, 0) is 42.7 Å². The molecule has 2 unspecified atom stereocenters. The van der Waals surface area contributed by atoms with Crippen molar-refractivity contribution in [2.45, 2.75) is 58.7 Å². The van der Waals surface area contributed by atoms with Crippen LogP contribution in [0, 0.1) is 0 Å². The van der Waals surface area contributed by atoms with Crippen LogP contribution in [-0.4, -0.2) is 77.6 Å². The maximum Gasteiger partial charge on any atom is 0.320 e. The largest absolute Gasteiger partial charge is 0.508 e. The second kappa shape index (κ2) is 13.1.